The molecule has 7 heteroatoms. The van der Waals surface area contributed by atoms with E-state index in [1.807, 2.05) is 0 Å². The second-order valence-electron chi connectivity index (χ2n) is 4.88. The first-order valence-corrected chi connectivity index (χ1v) is 8.13. The summed E-state index contributed by atoms with van der Waals surface area (Å²) in [4.78, 5) is 0.0704. The number of benzene rings is 2. The van der Waals surface area contributed by atoms with Gasteiger partial charge in [0.1, 0.15) is 19.0 Å². The highest BCUT2D eigenvalue weighted by atomic mass is 32.2. The second-order valence-corrected chi connectivity index (χ2v) is 6.53. The molecule has 0 fully saturated rings. The third kappa shape index (κ3) is 2.85. The fraction of sp³-hybridized carbons (Fsp3) is 0.200. The second kappa shape index (κ2) is 5.49. The van der Waals surface area contributed by atoms with Gasteiger partial charge in [0.05, 0.1) is 10.6 Å². The number of fused-ring (bicyclic) bond motifs is 1. The Hall–Kier alpha value is -2.28. The van der Waals surface area contributed by atoms with Crippen molar-refractivity contribution < 1.29 is 22.3 Å². The van der Waals surface area contributed by atoms with Crippen molar-refractivity contribution in [3.63, 3.8) is 0 Å². The molecule has 0 atom stereocenters. The van der Waals surface area contributed by atoms with Gasteiger partial charge in [-0.3, -0.25) is 4.72 Å². The normalized spacial score (nSPS) is 13.7. The largest absolute Gasteiger partial charge is 0.486 e. The Morgan fingerprint density at radius 2 is 1.77 bits per heavy atom. The molecule has 0 spiro atoms. The smallest absolute Gasteiger partial charge is 0.262 e. The quantitative estimate of drug-likeness (QED) is 0.943. The highest BCUT2D eigenvalue weighted by molar-refractivity contribution is 7.92. The van der Waals surface area contributed by atoms with Crippen molar-refractivity contribution in [3.8, 4) is 11.5 Å². The van der Waals surface area contributed by atoms with E-state index in [-0.39, 0.29) is 10.6 Å². The summed E-state index contributed by atoms with van der Waals surface area (Å²) in [5.74, 6) is 0.393. The molecule has 3 rings (SSSR count). The first-order valence-electron chi connectivity index (χ1n) is 6.64. The Balaban J connectivity index is 1.98. The summed E-state index contributed by atoms with van der Waals surface area (Å²) in [6.07, 6.45) is 0. The van der Waals surface area contributed by atoms with E-state index in [0.29, 0.717) is 30.3 Å². The molecule has 2 aromatic carbocycles. The van der Waals surface area contributed by atoms with Crippen molar-refractivity contribution in [2.45, 2.75) is 11.8 Å². The lowest BCUT2D eigenvalue weighted by atomic mass is 10.2. The number of hydrogen-bond donors (Lipinski definition) is 1. The monoisotopic (exact) mass is 323 g/mol. The molecule has 1 N–H and O–H groups in total. The van der Waals surface area contributed by atoms with Gasteiger partial charge in [-0.05, 0) is 36.8 Å². The molecule has 1 heterocycles. The number of ether oxygens (including phenoxy) is 2. The fourth-order valence-electron chi connectivity index (χ4n) is 2.22. The zero-order chi connectivity index (χ0) is 15.7. The van der Waals surface area contributed by atoms with Crippen LogP contribution in [0, 0.1) is 12.7 Å². The Morgan fingerprint density at radius 1 is 1.09 bits per heavy atom. The highest BCUT2D eigenvalue weighted by Gasteiger charge is 2.22. The number of halogens is 1. The van der Waals surface area contributed by atoms with Gasteiger partial charge in [-0.15, -0.1) is 0 Å². The molecule has 2 aromatic rings. The number of hydrogen-bond acceptors (Lipinski definition) is 4. The lowest BCUT2D eigenvalue weighted by molar-refractivity contribution is 0.171. The zero-order valence-corrected chi connectivity index (χ0v) is 12.6. The van der Waals surface area contributed by atoms with Crippen molar-refractivity contribution >= 4 is 15.7 Å². The maximum Gasteiger partial charge on any atom is 0.262 e. The Labute approximate surface area is 127 Å². The van der Waals surface area contributed by atoms with E-state index in [1.54, 1.807) is 13.0 Å². The summed E-state index contributed by atoms with van der Waals surface area (Å²) in [5.41, 5.74) is 0.683. The van der Waals surface area contributed by atoms with Crippen LogP contribution >= 0.6 is 0 Å². The average molecular weight is 323 g/mol. The molecule has 22 heavy (non-hydrogen) atoms. The Kier molecular flexibility index (Phi) is 3.66. The van der Waals surface area contributed by atoms with Crippen LogP contribution in [0.25, 0.3) is 0 Å². The van der Waals surface area contributed by atoms with E-state index in [4.69, 9.17) is 9.47 Å². The van der Waals surface area contributed by atoms with Gasteiger partial charge in [-0.2, -0.15) is 0 Å². The molecule has 0 saturated carbocycles. The van der Waals surface area contributed by atoms with E-state index < -0.39 is 15.8 Å². The van der Waals surface area contributed by atoms with Gasteiger partial charge in [0, 0.05) is 6.07 Å². The predicted octanol–water partition coefficient (Wildman–Crippen LogP) is 2.71. The van der Waals surface area contributed by atoms with Gasteiger partial charge in [-0.25, -0.2) is 12.8 Å². The minimum Gasteiger partial charge on any atom is -0.486 e. The summed E-state index contributed by atoms with van der Waals surface area (Å²) in [7, 11) is -3.85. The minimum atomic E-state index is -3.85. The first-order chi connectivity index (χ1) is 10.5. The summed E-state index contributed by atoms with van der Waals surface area (Å²) >= 11 is 0. The van der Waals surface area contributed by atoms with Gasteiger partial charge in [0.25, 0.3) is 10.0 Å². The van der Waals surface area contributed by atoms with Crippen LogP contribution in [-0.4, -0.2) is 21.6 Å². The third-order valence-electron chi connectivity index (χ3n) is 3.21. The number of aryl methyl sites for hydroxylation is 1. The molecular formula is C15H14FNO4S. The maximum atomic E-state index is 13.2. The SMILES string of the molecule is Cc1cc2c(cc1S(=O)(=O)Nc1cccc(F)c1)OCCO2. The van der Waals surface area contributed by atoms with Gasteiger partial charge < -0.3 is 9.47 Å². The molecule has 1 aliphatic rings. The molecule has 0 aliphatic carbocycles. The third-order valence-corrected chi connectivity index (χ3v) is 4.73. The first kappa shape index (κ1) is 14.6. The molecular weight excluding hydrogens is 309 g/mol. The summed E-state index contributed by atoms with van der Waals surface area (Å²) in [6, 6.07) is 8.32. The number of sulfonamides is 1. The minimum absolute atomic E-state index is 0.0704. The maximum absolute atomic E-state index is 13.2. The molecule has 0 amide bonds. The topological polar surface area (TPSA) is 64.6 Å². The average Bonchev–Trinajstić information content (AvgIpc) is 2.46. The Morgan fingerprint density at radius 3 is 2.45 bits per heavy atom. The van der Waals surface area contributed by atoms with Crippen LogP contribution in [0.4, 0.5) is 10.1 Å². The van der Waals surface area contributed by atoms with E-state index in [9.17, 15) is 12.8 Å². The zero-order valence-electron chi connectivity index (χ0n) is 11.8. The van der Waals surface area contributed by atoms with Crippen molar-refractivity contribution in [1.82, 2.24) is 0 Å². The van der Waals surface area contributed by atoms with Crippen molar-refractivity contribution in [1.29, 1.82) is 0 Å². The van der Waals surface area contributed by atoms with E-state index in [0.717, 1.165) is 6.07 Å². The summed E-state index contributed by atoms with van der Waals surface area (Å²) < 4.78 is 51.3. The number of nitrogens with one attached hydrogen (secondary N) is 1. The fourth-order valence-corrected chi connectivity index (χ4v) is 3.52. The van der Waals surface area contributed by atoms with Crippen molar-refractivity contribution in [3.05, 3.63) is 47.8 Å². The molecule has 0 unspecified atom stereocenters. The summed E-state index contributed by atoms with van der Waals surface area (Å²) in [5, 5.41) is 0. The number of anilines is 1. The van der Waals surface area contributed by atoms with Crippen LogP contribution in [0.15, 0.2) is 41.3 Å². The van der Waals surface area contributed by atoms with Crippen LogP contribution in [0.5, 0.6) is 11.5 Å². The Bertz CT molecular complexity index is 820. The molecule has 116 valence electrons. The molecule has 0 aromatic heterocycles. The molecule has 0 radical (unpaired) electrons. The lowest BCUT2D eigenvalue weighted by Gasteiger charge is -2.20. The van der Waals surface area contributed by atoms with Crippen LogP contribution < -0.4 is 14.2 Å². The van der Waals surface area contributed by atoms with Crippen molar-refractivity contribution in [2.75, 3.05) is 17.9 Å². The van der Waals surface area contributed by atoms with Crippen LogP contribution in [0.1, 0.15) is 5.56 Å². The van der Waals surface area contributed by atoms with Gasteiger partial charge in [0.2, 0.25) is 0 Å². The van der Waals surface area contributed by atoms with E-state index in [1.165, 1.54) is 24.3 Å². The van der Waals surface area contributed by atoms with Gasteiger partial charge in [0.15, 0.2) is 11.5 Å². The molecule has 1 aliphatic heterocycles. The number of rotatable bonds is 3. The van der Waals surface area contributed by atoms with Crippen LogP contribution in [0.2, 0.25) is 0 Å². The van der Waals surface area contributed by atoms with E-state index in [2.05, 4.69) is 4.72 Å². The predicted molar refractivity (Wildman–Crippen MR) is 79.4 cm³/mol. The van der Waals surface area contributed by atoms with Gasteiger partial charge >= 0.3 is 0 Å². The highest BCUT2D eigenvalue weighted by Crippen LogP contribution is 2.35. The lowest BCUT2D eigenvalue weighted by Crippen LogP contribution is -2.18. The molecule has 0 bridgehead atoms. The van der Waals surface area contributed by atoms with Crippen LogP contribution in [-0.2, 0) is 10.0 Å². The standard InChI is InChI=1S/C15H14FNO4S/c1-10-7-13-14(21-6-5-20-13)9-15(10)22(18,19)17-12-4-2-3-11(16)8-12/h2-4,7-9,17H,5-6H2,1H3. The molecule has 5 nitrogen and oxygen atoms in total. The summed E-state index contributed by atoms with van der Waals surface area (Å²) in [6.45, 7) is 2.46. The van der Waals surface area contributed by atoms with Gasteiger partial charge in [-0.1, -0.05) is 6.07 Å². The van der Waals surface area contributed by atoms with Crippen LogP contribution in [0.3, 0.4) is 0 Å². The van der Waals surface area contributed by atoms with E-state index >= 15 is 0 Å². The van der Waals surface area contributed by atoms with Crippen molar-refractivity contribution in [2.24, 2.45) is 0 Å². The molecule has 0 saturated heterocycles.